The van der Waals surface area contributed by atoms with E-state index < -0.39 is 0 Å². The van der Waals surface area contributed by atoms with Gasteiger partial charge in [0, 0.05) is 17.2 Å². The minimum atomic E-state index is -0.0733. The first-order chi connectivity index (χ1) is 10.1. The van der Waals surface area contributed by atoms with Crippen molar-refractivity contribution in [1.82, 2.24) is 14.9 Å². The number of nitrogens with zero attached hydrogens (tertiary/aromatic N) is 3. The lowest BCUT2D eigenvalue weighted by atomic mass is 10.2. The van der Waals surface area contributed by atoms with Crippen molar-refractivity contribution in [3.8, 4) is 0 Å². The van der Waals surface area contributed by atoms with Gasteiger partial charge in [-0.15, -0.1) is 0 Å². The third-order valence-corrected chi connectivity index (χ3v) is 3.99. The Hall–Kier alpha value is -1.21. The number of nitrogens with one attached hydrogen (secondary N) is 1. The van der Waals surface area contributed by atoms with Crippen molar-refractivity contribution in [3.05, 3.63) is 44.4 Å². The third kappa shape index (κ3) is 3.18. The highest BCUT2D eigenvalue weighted by Gasteiger charge is 2.23. The lowest BCUT2D eigenvalue weighted by Gasteiger charge is -2.07. The molecule has 1 saturated heterocycles. The second kappa shape index (κ2) is 6.27. The summed E-state index contributed by atoms with van der Waals surface area (Å²) >= 11 is 17.2. The van der Waals surface area contributed by atoms with Gasteiger partial charge in [-0.3, -0.25) is 5.10 Å². The molecule has 8 heteroatoms. The van der Waals surface area contributed by atoms with Crippen LogP contribution in [0.25, 0.3) is 0 Å². The van der Waals surface area contributed by atoms with E-state index in [1.54, 1.807) is 29.1 Å². The Labute approximate surface area is 136 Å². The maximum absolute atomic E-state index is 6.12. The number of aromatic nitrogens is 3. The molecule has 5 nitrogen and oxygen atoms in total. The van der Waals surface area contributed by atoms with Crippen molar-refractivity contribution in [2.45, 2.75) is 18.9 Å². The Kier molecular flexibility index (Phi) is 4.40. The van der Waals surface area contributed by atoms with Crippen molar-refractivity contribution < 1.29 is 4.74 Å². The van der Waals surface area contributed by atoms with E-state index in [0.717, 1.165) is 25.0 Å². The first kappa shape index (κ1) is 14.7. The summed E-state index contributed by atoms with van der Waals surface area (Å²) in [6.45, 7) is 0.733. The predicted octanol–water partition coefficient (Wildman–Crippen LogP) is 3.98. The van der Waals surface area contributed by atoms with Crippen LogP contribution in [0.1, 0.15) is 30.3 Å². The number of aromatic amines is 1. The van der Waals surface area contributed by atoms with Gasteiger partial charge in [-0.1, -0.05) is 29.3 Å². The van der Waals surface area contributed by atoms with Crippen LogP contribution in [0.3, 0.4) is 0 Å². The zero-order valence-corrected chi connectivity index (χ0v) is 13.3. The maximum Gasteiger partial charge on any atom is 0.216 e. The van der Waals surface area contributed by atoms with Crippen LogP contribution in [-0.2, 0) is 4.74 Å². The van der Waals surface area contributed by atoms with Gasteiger partial charge in [-0.05, 0) is 37.2 Å². The van der Waals surface area contributed by atoms with E-state index in [4.69, 9.17) is 40.2 Å². The number of H-pyrrole nitrogens is 1. The summed E-state index contributed by atoms with van der Waals surface area (Å²) in [6, 6.07) is 5.22. The quantitative estimate of drug-likeness (QED) is 0.677. The second-order valence-electron chi connectivity index (χ2n) is 4.61. The fraction of sp³-hybridized carbons (Fsp3) is 0.308. The zero-order valence-electron chi connectivity index (χ0n) is 10.9. The Morgan fingerprint density at radius 2 is 2.33 bits per heavy atom. The SMILES string of the molecule is S=c1[nH]nc(C2CCCO2)n1/N=C\c1ccc(Cl)cc1Cl. The monoisotopic (exact) mass is 342 g/mol. The zero-order chi connectivity index (χ0) is 14.8. The van der Waals surface area contributed by atoms with Crippen LogP contribution in [0, 0.1) is 4.77 Å². The van der Waals surface area contributed by atoms with Crippen LogP contribution >= 0.6 is 35.4 Å². The highest BCUT2D eigenvalue weighted by atomic mass is 35.5. The highest BCUT2D eigenvalue weighted by molar-refractivity contribution is 7.71. The second-order valence-corrected chi connectivity index (χ2v) is 5.84. The van der Waals surface area contributed by atoms with Crippen LogP contribution in [0.15, 0.2) is 23.3 Å². The Balaban J connectivity index is 1.92. The summed E-state index contributed by atoms with van der Waals surface area (Å²) in [5, 5.41) is 12.4. The minimum absolute atomic E-state index is 0.0733. The minimum Gasteiger partial charge on any atom is -0.370 e. The Morgan fingerprint density at radius 3 is 3.05 bits per heavy atom. The van der Waals surface area contributed by atoms with E-state index in [0.29, 0.717) is 20.6 Å². The molecule has 0 saturated carbocycles. The third-order valence-electron chi connectivity index (χ3n) is 3.17. The molecule has 110 valence electrons. The van der Waals surface area contributed by atoms with Crippen molar-refractivity contribution in [1.29, 1.82) is 0 Å². The summed E-state index contributed by atoms with van der Waals surface area (Å²) in [4.78, 5) is 0. The molecule has 1 aliphatic rings. The van der Waals surface area contributed by atoms with Crippen molar-refractivity contribution >= 4 is 41.6 Å². The summed E-state index contributed by atoms with van der Waals surface area (Å²) in [6.07, 6.45) is 3.48. The lowest BCUT2D eigenvalue weighted by Crippen LogP contribution is -2.05. The first-order valence-electron chi connectivity index (χ1n) is 6.43. The van der Waals surface area contributed by atoms with Crippen molar-refractivity contribution in [2.24, 2.45) is 5.10 Å². The average Bonchev–Trinajstić information content (AvgIpc) is 3.08. The van der Waals surface area contributed by atoms with E-state index in [1.165, 1.54) is 0 Å². The molecule has 1 unspecified atom stereocenters. The first-order valence-corrected chi connectivity index (χ1v) is 7.60. The van der Waals surface area contributed by atoms with Gasteiger partial charge in [0.15, 0.2) is 5.82 Å². The molecule has 2 aromatic rings. The molecule has 1 aromatic heterocycles. The van der Waals surface area contributed by atoms with Gasteiger partial charge in [0.25, 0.3) is 0 Å². The molecular weight excluding hydrogens is 331 g/mol. The van der Waals surface area contributed by atoms with Gasteiger partial charge in [0.1, 0.15) is 6.10 Å². The van der Waals surface area contributed by atoms with E-state index in [1.807, 2.05) is 0 Å². The molecule has 1 aliphatic heterocycles. The lowest BCUT2D eigenvalue weighted by molar-refractivity contribution is 0.102. The normalized spacial score (nSPS) is 18.7. The summed E-state index contributed by atoms with van der Waals surface area (Å²) in [5.74, 6) is 0.679. The summed E-state index contributed by atoms with van der Waals surface area (Å²) < 4.78 is 7.60. The fourth-order valence-corrected chi connectivity index (χ4v) is 2.77. The van der Waals surface area contributed by atoms with Crippen LogP contribution in [0.5, 0.6) is 0 Å². The van der Waals surface area contributed by atoms with Crippen molar-refractivity contribution in [3.63, 3.8) is 0 Å². The van der Waals surface area contributed by atoms with Gasteiger partial charge in [0.05, 0.1) is 11.2 Å². The van der Waals surface area contributed by atoms with Crippen molar-refractivity contribution in [2.75, 3.05) is 6.61 Å². The molecule has 0 radical (unpaired) electrons. The number of hydrogen-bond acceptors (Lipinski definition) is 4. The van der Waals surface area contributed by atoms with E-state index in [-0.39, 0.29) is 6.10 Å². The molecule has 3 rings (SSSR count). The maximum atomic E-state index is 6.12. The van der Waals surface area contributed by atoms with Gasteiger partial charge < -0.3 is 4.74 Å². The highest BCUT2D eigenvalue weighted by Crippen LogP contribution is 2.27. The van der Waals surface area contributed by atoms with E-state index >= 15 is 0 Å². The Morgan fingerprint density at radius 1 is 1.48 bits per heavy atom. The molecule has 2 heterocycles. The molecule has 0 amide bonds. The molecule has 1 fully saturated rings. The molecule has 0 aliphatic carbocycles. The molecular formula is C13H12Cl2N4OS. The number of hydrogen-bond donors (Lipinski definition) is 1. The van der Waals surface area contributed by atoms with Crippen LogP contribution in [-0.4, -0.2) is 27.7 Å². The van der Waals surface area contributed by atoms with Crippen LogP contribution in [0.4, 0.5) is 0 Å². The van der Waals surface area contributed by atoms with Gasteiger partial charge in [0.2, 0.25) is 4.77 Å². The number of ether oxygens (including phenoxy) is 1. The number of halogens is 2. The largest absolute Gasteiger partial charge is 0.370 e. The summed E-state index contributed by atoms with van der Waals surface area (Å²) in [5.41, 5.74) is 0.752. The molecule has 21 heavy (non-hydrogen) atoms. The summed E-state index contributed by atoms with van der Waals surface area (Å²) in [7, 11) is 0. The molecule has 1 aromatic carbocycles. The smallest absolute Gasteiger partial charge is 0.216 e. The topological polar surface area (TPSA) is 55.2 Å². The van der Waals surface area contributed by atoms with Gasteiger partial charge >= 0.3 is 0 Å². The van der Waals surface area contributed by atoms with Gasteiger partial charge in [-0.2, -0.15) is 14.9 Å². The van der Waals surface area contributed by atoms with Gasteiger partial charge in [-0.25, -0.2) is 0 Å². The average molecular weight is 343 g/mol. The standard InChI is InChI=1S/C13H12Cl2N4OS/c14-9-4-3-8(10(15)6-9)7-16-19-12(17-18-13(19)21)11-2-1-5-20-11/h3-4,6-7,11H,1-2,5H2,(H,18,21)/b16-7-. The number of rotatable bonds is 3. The van der Waals surface area contributed by atoms with E-state index in [2.05, 4.69) is 15.3 Å². The Bertz CT molecular complexity index is 734. The fourth-order valence-electron chi connectivity index (χ4n) is 2.13. The molecule has 0 spiro atoms. The molecule has 0 bridgehead atoms. The van der Waals surface area contributed by atoms with E-state index in [9.17, 15) is 0 Å². The molecule has 1 atom stereocenters. The van der Waals surface area contributed by atoms with Crippen LogP contribution < -0.4 is 0 Å². The molecule has 1 N–H and O–H groups in total. The number of benzene rings is 1. The predicted molar refractivity (Wildman–Crippen MR) is 84.8 cm³/mol. The van der Waals surface area contributed by atoms with Crippen LogP contribution in [0.2, 0.25) is 10.0 Å².